The zero-order valence-corrected chi connectivity index (χ0v) is 10.4. The summed E-state index contributed by atoms with van der Waals surface area (Å²) in [4.78, 5) is 16.2. The van der Waals surface area contributed by atoms with Gasteiger partial charge in [0, 0.05) is 6.04 Å². The highest BCUT2D eigenvalue weighted by Crippen LogP contribution is 2.25. The maximum atomic E-state index is 12.1. The highest BCUT2D eigenvalue weighted by molar-refractivity contribution is 5.96. The monoisotopic (exact) mass is 233 g/mol. The fourth-order valence-corrected chi connectivity index (χ4v) is 2.39. The van der Waals surface area contributed by atoms with Crippen LogP contribution in [0.1, 0.15) is 42.2 Å². The molecule has 2 atom stereocenters. The van der Waals surface area contributed by atoms with E-state index in [1.165, 1.54) is 12.8 Å². The van der Waals surface area contributed by atoms with E-state index in [0.29, 0.717) is 23.2 Å². The second-order valence-electron chi connectivity index (χ2n) is 4.89. The van der Waals surface area contributed by atoms with Gasteiger partial charge in [-0.2, -0.15) is 0 Å². The van der Waals surface area contributed by atoms with Crippen LogP contribution in [0.4, 0.5) is 5.69 Å². The molecule has 92 valence electrons. The molecule has 3 N–H and O–H groups in total. The van der Waals surface area contributed by atoms with Gasteiger partial charge in [-0.15, -0.1) is 0 Å². The number of nitrogens with zero attached hydrogens (tertiary/aromatic N) is 1. The van der Waals surface area contributed by atoms with Crippen molar-refractivity contribution >= 4 is 11.6 Å². The Kier molecular flexibility index (Phi) is 3.31. The number of hydrogen-bond donors (Lipinski definition) is 2. The topological polar surface area (TPSA) is 68.0 Å². The molecule has 0 aliphatic heterocycles. The molecular formula is C13H19N3O. The summed E-state index contributed by atoms with van der Waals surface area (Å²) >= 11 is 0. The first-order valence-corrected chi connectivity index (χ1v) is 6.11. The van der Waals surface area contributed by atoms with Crippen LogP contribution in [0.3, 0.4) is 0 Å². The smallest absolute Gasteiger partial charge is 0.253 e. The number of carbonyl (C=O) groups excluding carboxylic acids is 1. The Hall–Kier alpha value is -1.58. The van der Waals surface area contributed by atoms with Crippen molar-refractivity contribution in [1.29, 1.82) is 0 Å². The zero-order chi connectivity index (χ0) is 12.4. The normalized spacial score (nSPS) is 23.6. The van der Waals surface area contributed by atoms with Crippen LogP contribution in [0.15, 0.2) is 12.3 Å². The van der Waals surface area contributed by atoms with Crippen molar-refractivity contribution < 1.29 is 4.79 Å². The van der Waals surface area contributed by atoms with E-state index < -0.39 is 0 Å². The molecular weight excluding hydrogens is 214 g/mol. The Bertz CT molecular complexity index is 431. The fourth-order valence-electron chi connectivity index (χ4n) is 2.39. The number of aromatic nitrogens is 1. The lowest BCUT2D eigenvalue weighted by Gasteiger charge is -2.17. The van der Waals surface area contributed by atoms with Crippen LogP contribution in [0.2, 0.25) is 0 Å². The van der Waals surface area contributed by atoms with Crippen LogP contribution in [0.25, 0.3) is 0 Å². The van der Waals surface area contributed by atoms with Crippen LogP contribution in [0, 0.1) is 12.8 Å². The van der Waals surface area contributed by atoms with Gasteiger partial charge in [-0.05, 0) is 31.7 Å². The molecule has 0 aromatic carbocycles. The summed E-state index contributed by atoms with van der Waals surface area (Å²) in [5.74, 6) is 0.509. The van der Waals surface area contributed by atoms with Crippen LogP contribution >= 0.6 is 0 Å². The Balaban J connectivity index is 2.11. The second-order valence-corrected chi connectivity index (χ2v) is 4.89. The Morgan fingerprint density at radius 1 is 1.53 bits per heavy atom. The molecule has 2 rings (SSSR count). The molecule has 1 aliphatic rings. The average molecular weight is 233 g/mol. The number of nitrogens with two attached hydrogens (primary N) is 1. The van der Waals surface area contributed by atoms with Crippen LogP contribution in [-0.4, -0.2) is 16.9 Å². The van der Waals surface area contributed by atoms with Gasteiger partial charge >= 0.3 is 0 Å². The number of amides is 1. The van der Waals surface area contributed by atoms with Crippen molar-refractivity contribution in [2.24, 2.45) is 5.92 Å². The quantitative estimate of drug-likeness (QED) is 0.819. The first kappa shape index (κ1) is 11.9. The van der Waals surface area contributed by atoms with E-state index >= 15 is 0 Å². The van der Waals surface area contributed by atoms with Crippen molar-refractivity contribution in [2.45, 2.75) is 39.2 Å². The lowest BCUT2D eigenvalue weighted by Crippen LogP contribution is -2.36. The largest absolute Gasteiger partial charge is 0.397 e. The van der Waals surface area contributed by atoms with E-state index in [-0.39, 0.29) is 5.91 Å². The van der Waals surface area contributed by atoms with E-state index in [1.807, 2.05) is 6.92 Å². The van der Waals surface area contributed by atoms with Crippen molar-refractivity contribution in [3.05, 3.63) is 23.5 Å². The molecule has 0 saturated heterocycles. The number of aryl methyl sites for hydroxylation is 1. The summed E-state index contributed by atoms with van der Waals surface area (Å²) in [5.41, 5.74) is 7.50. The van der Waals surface area contributed by atoms with Gasteiger partial charge in [-0.1, -0.05) is 13.3 Å². The van der Waals surface area contributed by atoms with Gasteiger partial charge in [0.2, 0.25) is 0 Å². The fraction of sp³-hybridized carbons (Fsp3) is 0.538. The van der Waals surface area contributed by atoms with Gasteiger partial charge in [0.05, 0.1) is 23.1 Å². The summed E-state index contributed by atoms with van der Waals surface area (Å²) in [7, 11) is 0. The predicted octanol–water partition coefficient (Wildman–Crippen LogP) is 1.89. The number of hydrogen-bond acceptors (Lipinski definition) is 3. The molecule has 1 aliphatic carbocycles. The minimum atomic E-state index is -0.0546. The molecule has 1 heterocycles. The number of anilines is 1. The van der Waals surface area contributed by atoms with Gasteiger partial charge in [-0.3, -0.25) is 9.78 Å². The van der Waals surface area contributed by atoms with Gasteiger partial charge in [0.15, 0.2) is 0 Å². The number of pyridine rings is 1. The number of nitrogen functional groups attached to an aromatic ring is 1. The minimum absolute atomic E-state index is 0.0546. The maximum Gasteiger partial charge on any atom is 0.253 e. The predicted molar refractivity (Wildman–Crippen MR) is 67.7 cm³/mol. The summed E-state index contributed by atoms with van der Waals surface area (Å²) in [6.45, 7) is 4.01. The van der Waals surface area contributed by atoms with E-state index in [4.69, 9.17) is 5.73 Å². The Morgan fingerprint density at radius 3 is 2.94 bits per heavy atom. The molecule has 4 nitrogen and oxygen atoms in total. The summed E-state index contributed by atoms with van der Waals surface area (Å²) in [6.07, 6.45) is 5.03. The highest BCUT2D eigenvalue weighted by atomic mass is 16.1. The van der Waals surface area contributed by atoms with Gasteiger partial charge in [0.25, 0.3) is 5.91 Å². The third-order valence-corrected chi connectivity index (χ3v) is 3.53. The molecule has 0 radical (unpaired) electrons. The Labute approximate surface area is 102 Å². The van der Waals surface area contributed by atoms with Crippen LogP contribution in [0.5, 0.6) is 0 Å². The number of rotatable bonds is 2. The van der Waals surface area contributed by atoms with E-state index in [9.17, 15) is 4.79 Å². The summed E-state index contributed by atoms with van der Waals surface area (Å²) < 4.78 is 0. The third kappa shape index (κ3) is 2.57. The van der Waals surface area contributed by atoms with Crippen molar-refractivity contribution in [3.63, 3.8) is 0 Å². The first-order chi connectivity index (χ1) is 8.08. The molecule has 1 aromatic rings. The number of carbonyl (C=O) groups is 1. The minimum Gasteiger partial charge on any atom is -0.397 e. The van der Waals surface area contributed by atoms with E-state index in [2.05, 4.69) is 17.2 Å². The molecule has 2 unspecified atom stereocenters. The summed E-state index contributed by atoms with van der Waals surface area (Å²) in [6, 6.07) is 1.99. The van der Waals surface area contributed by atoms with Gasteiger partial charge in [-0.25, -0.2) is 0 Å². The number of nitrogens with one attached hydrogen (secondary N) is 1. The third-order valence-electron chi connectivity index (χ3n) is 3.53. The van der Waals surface area contributed by atoms with E-state index in [0.717, 1.165) is 12.1 Å². The molecule has 0 bridgehead atoms. The van der Waals surface area contributed by atoms with Crippen molar-refractivity contribution in [2.75, 3.05) is 5.73 Å². The second kappa shape index (κ2) is 4.73. The SMILES string of the molecule is Cc1ncc(N)cc1C(=O)NC1CCCC1C. The standard InChI is InChI=1S/C13H19N3O/c1-8-4-3-5-12(8)16-13(17)11-6-10(14)7-15-9(11)2/h6-8,12H,3-5,14H2,1-2H3,(H,16,17). The van der Waals surface area contributed by atoms with Crippen LogP contribution < -0.4 is 11.1 Å². The van der Waals surface area contributed by atoms with Crippen molar-refractivity contribution in [3.8, 4) is 0 Å². The lowest BCUT2D eigenvalue weighted by molar-refractivity contribution is 0.0928. The molecule has 17 heavy (non-hydrogen) atoms. The molecule has 1 aromatic heterocycles. The molecule has 0 spiro atoms. The first-order valence-electron chi connectivity index (χ1n) is 6.11. The van der Waals surface area contributed by atoms with Gasteiger partial charge in [0.1, 0.15) is 0 Å². The van der Waals surface area contributed by atoms with Crippen LogP contribution in [-0.2, 0) is 0 Å². The molecule has 4 heteroatoms. The average Bonchev–Trinajstić information content (AvgIpc) is 2.68. The maximum absolute atomic E-state index is 12.1. The highest BCUT2D eigenvalue weighted by Gasteiger charge is 2.25. The summed E-state index contributed by atoms with van der Waals surface area (Å²) in [5, 5.41) is 3.08. The molecule has 1 fully saturated rings. The van der Waals surface area contributed by atoms with E-state index in [1.54, 1.807) is 12.3 Å². The Morgan fingerprint density at radius 2 is 2.29 bits per heavy atom. The lowest BCUT2D eigenvalue weighted by atomic mass is 10.1. The molecule has 1 saturated carbocycles. The van der Waals surface area contributed by atoms with Crippen molar-refractivity contribution in [1.82, 2.24) is 10.3 Å². The molecule has 1 amide bonds. The zero-order valence-electron chi connectivity index (χ0n) is 10.4. The van der Waals surface area contributed by atoms with Gasteiger partial charge < -0.3 is 11.1 Å².